The van der Waals surface area contributed by atoms with E-state index in [1.165, 1.54) is 0 Å². The molecule has 0 aliphatic heterocycles. The van der Waals surface area contributed by atoms with Gasteiger partial charge in [0.1, 0.15) is 0 Å². The van der Waals surface area contributed by atoms with E-state index < -0.39 is 5.41 Å². The van der Waals surface area contributed by atoms with E-state index in [9.17, 15) is 4.79 Å². The number of nitrogens with one attached hydrogen (secondary N) is 1. The Hall–Kier alpha value is -0.680. The van der Waals surface area contributed by atoms with E-state index in [1.807, 2.05) is 20.8 Å². The van der Waals surface area contributed by atoms with Crippen molar-refractivity contribution in [2.45, 2.75) is 40.2 Å². The van der Waals surface area contributed by atoms with E-state index in [2.05, 4.69) is 5.32 Å². The zero-order valence-corrected chi connectivity index (χ0v) is 11.3. The maximum atomic E-state index is 11.8. The summed E-state index contributed by atoms with van der Waals surface area (Å²) in [6.07, 6.45) is 0.768. The van der Waals surface area contributed by atoms with Gasteiger partial charge < -0.3 is 15.8 Å². The van der Waals surface area contributed by atoms with Crippen LogP contribution in [-0.2, 0) is 9.53 Å². The van der Waals surface area contributed by atoms with Gasteiger partial charge in [-0.1, -0.05) is 19.1 Å². The van der Waals surface area contributed by atoms with Crippen molar-refractivity contribution in [3.05, 3.63) is 0 Å². The Morgan fingerprint density at radius 1 is 1.56 bits per heavy atom. The lowest BCUT2D eigenvalue weighted by Gasteiger charge is -2.25. The Labute approximate surface area is 103 Å². The molecule has 0 rings (SSSR count). The van der Waals surface area contributed by atoms with Crippen LogP contribution in [0.2, 0.25) is 0 Å². The standard InChI is InChI=1S/C11H22N2O2S/c1-5-11(4,9(12)16)10(14)13-6-7-15-8(2)3/h8H,5-7H2,1-4H3,(H2,12,16)(H,13,14). The van der Waals surface area contributed by atoms with Gasteiger partial charge >= 0.3 is 0 Å². The van der Waals surface area contributed by atoms with Crippen LogP contribution in [0.15, 0.2) is 0 Å². The average molecular weight is 246 g/mol. The first-order chi connectivity index (χ1) is 7.34. The van der Waals surface area contributed by atoms with Crippen LogP contribution in [0, 0.1) is 5.41 Å². The SMILES string of the molecule is CCC(C)(C(=O)NCCOC(C)C)C(N)=S. The van der Waals surface area contributed by atoms with Crippen LogP contribution in [0.3, 0.4) is 0 Å². The number of rotatable bonds is 7. The van der Waals surface area contributed by atoms with Gasteiger partial charge in [-0.05, 0) is 27.2 Å². The zero-order chi connectivity index (χ0) is 12.8. The predicted octanol–water partition coefficient (Wildman–Crippen LogP) is 1.23. The van der Waals surface area contributed by atoms with Crippen molar-refractivity contribution >= 4 is 23.1 Å². The number of ether oxygens (including phenoxy) is 1. The third-order valence-electron chi connectivity index (χ3n) is 2.59. The Kier molecular flexibility index (Phi) is 6.52. The molecule has 4 nitrogen and oxygen atoms in total. The first-order valence-corrected chi connectivity index (χ1v) is 5.95. The molecule has 0 bridgehead atoms. The number of nitrogens with two attached hydrogens (primary N) is 1. The van der Waals surface area contributed by atoms with Gasteiger partial charge in [0.15, 0.2) is 0 Å². The molecule has 5 heteroatoms. The number of amides is 1. The van der Waals surface area contributed by atoms with Crippen LogP contribution in [0.1, 0.15) is 34.1 Å². The minimum absolute atomic E-state index is 0.130. The second kappa shape index (κ2) is 6.81. The number of carbonyl (C=O) groups excluding carboxylic acids is 1. The first-order valence-electron chi connectivity index (χ1n) is 5.54. The average Bonchev–Trinajstić information content (AvgIpc) is 2.22. The molecule has 1 atom stereocenters. The smallest absolute Gasteiger partial charge is 0.232 e. The Balaban J connectivity index is 4.09. The van der Waals surface area contributed by atoms with Crippen LogP contribution < -0.4 is 11.1 Å². The molecule has 0 spiro atoms. The third-order valence-corrected chi connectivity index (χ3v) is 3.04. The third kappa shape index (κ3) is 4.45. The van der Waals surface area contributed by atoms with Gasteiger partial charge in [0, 0.05) is 6.54 Å². The van der Waals surface area contributed by atoms with Crippen LogP contribution in [0.4, 0.5) is 0 Å². The van der Waals surface area contributed by atoms with Crippen molar-refractivity contribution in [2.24, 2.45) is 11.1 Å². The van der Waals surface area contributed by atoms with Gasteiger partial charge in [0.05, 0.1) is 23.1 Å². The Morgan fingerprint density at radius 3 is 2.50 bits per heavy atom. The van der Waals surface area contributed by atoms with Crippen molar-refractivity contribution in [3.63, 3.8) is 0 Å². The molecule has 1 unspecified atom stereocenters. The number of hydrogen-bond donors (Lipinski definition) is 2. The molecule has 0 saturated heterocycles. The molecule has 1 amide bonds. The highest BCUT2D eigenvalue weighted by atomic mass is 32.1. The summed E-state index contributed by atoms with van der Waals surface area (Å²) < 4.78 is 5.32. The lowest BCUT2D eigenvalue weighted by Crippen LogP contribution is -2.47. The highest BCUT2D eigenvalue weighted by molar-refractivity contribution is 7.80. The summed E-state index contributed by atoms with van der Waals surface area (Å²) in [4.78, 5) is 12.1. The summed E-state index contributed by atoms with van der Waals surface area (Å²) in [5, 5.41) is 2.78. The second-order valence-electron chi connectivity index (χ2n) is 4.23. The zero-order valence-electron chi connectivity index (χ0n) is 10.5. The molecule has 0 aliphatic carbocycles. The molecule has 0 fully saturated rings. The fourth-order valence-electron chi connectivity index (χ4n) is 1.10. The van der Waals surface area contributed by atoms with Gasteiger partial charge in [-0.2, -0.15) is 0 Å². The Morgan fingerprint density at radius 2 is 2.12 bits per heavy atom. The van der Waals surface area contributed by atoms with E-state index >= 15 is 0 Å². The van der Waals surface area contributed by atoms with Gasteiger partial charge in [0.25, 0.3) is 0 Å². The van der Waals surface area contributed by atoms with E-state index in [0.29, 0.717) is 19.6 Å². The molecular weight excluding hydrogens is 224 g/mol. The molecule has 0 aliphatic rings. The summed E-state index contributed by atoms with van der Waals surface area (Å²) in [6.45, 7) is 8.53. The molecular formula is C11H22N2O2S. The van der Waals surface area contributed by atoms with E-state index in [0.717, 1.165) is 0 Å². The highest BCUT2D eigenvalue weighted by Crippen LogP contribution is 2.21. The number of carbonyl (C=O) groups is 1. The first kappa shape index (κ1) is 15.3. The summed E-state index contributed by atoms with van der Waals surface area (Å²) in [5.41, 5.74) is 4.82. The molecule has 0 radical (unpaired) electrons. The second-order valence-corrected chi connectivity index (χ2v) is 4.67. The highest BCUT2D eigenvalue weighted by Gasteiger charge is 2.34. The monoisotopic (exact) mass is 246 g/mol. The number of thiocarbonyl (C=S) groups is 1. The lowest BCUT2D eigenvalue weighted by molar-refractivity contribution is -0.127. The van der Waals surface area contributed by atoms with Gasteiger partial charge in [-0.3, -0.25) is 4.79 Å². The van der Waals surface area contributed by atoms with E-state index in [-0.39, 0.29) is 17.0 Å². The number of hydrogen-bond acceptors (Lipinski definition) is 3. The maximum Gasteiger partial charge on any atom is 0.232 e. The van der Waals surface area contributed by atoms with Gasteiger partial charge in [-0.15, -0.1) is 0 Å². The van der Waals surface area contributed by atoms with E-state index in [1.54, 1.807) is 6.92 Å². The molecule has 0 aromatic carbocycles. The summed E-state index contributed by atoms with van der Waals surface area (Å²) >= 11 is 4.91. The Bertz CT molecular complexity index is 256. The molecule has 0 aromatic rings. The van der Waals surface area contributed by atoms with E-state index in [4.69, 9.17) is 22.7 Å². The largest absolute Gasteiger partial charge is 0.392 e. The van der Waals surface area contributed by atoms with Crippen LogP contribution in [0.25, 0.3) is 0 Å². The normalized spacial score (nSPS) is 14.6. The fourth-order valence-corrected chi connectivity index (χ4v) is 1.34. The van der Waals surface area contributed by atoms with Crippen molar-refractivity contribution in [2.75, 3.05) is 13.2 Å². The molecule has 0 heterocycles. The quantitative estimate of drug-likeness (QED) is 0.524. The minimum atomic E-state index is -0.757. The lowest BCUT2D eigenvalue weighted by atomic mass is 9.86. The molecule has 94 valence electrons. The molecule has 0 saturated carbocycles. The summed E-state index contributed by atoms with van der Waals surface area (Å²) in [7, 11) is 0. The predicted molar refractivity (Wildman–Crippen MR) is 69.3 cm³/mol. The fraction of sp³-hybridized carbons (Fsp3) is 0.818. The van der Waals surface area contributed by atoms with Crippen molar-refractivity contribution in [1.29, 1.82) is 0 Å². The van der Waals surface area contributed by atoms with Gasteiger partial charge in [-0.25, -0.2) is 0 Å². The van der Waals surface area contributed by atoms with Crippen molar-refractivity contribution in [3.8, 4) is 0 Å². The summed E-state index contributed by atoms with van der Waals surface area (Å²) in [5.74, 6) is -0.130. The minimum Gasteiger partial charge on any atom is -0.392 e. The van der Waals surface area contributed by atoms with Crippen LogP contribution >= 0.6 is 12.2 Å². The van der Waals surface area contributed by atoms with Crippen molar-refractivity contribution in [1.82, 2.24) is 5.32 Å². The molecule has 0 aromatic heterocycles. The topological polar surface area (TPSA) is 64.3 Å². The van der Waals surface area contributed by atoms with Crippen LogP contribution in [0.5, 0.6) is 0 Å². The summed E-state index contributed by atoms with van der Waals surface area (Å²) in [6, 6.07) is 0. The molecule has 3 N–H and O–H groups in total. The van der Waals surface area contributed by atoms with Crippen molar-refractivity contribution < 1.29 is 9.53 Å². The molecule has 16 heavy (non-hydrogen) atoms. The maximum absolute atomic E-state index is 11.8. The van der Waals surface area contributed by atoms with Gasteiger partial charge in [0.2, 0.25) is 5.91 Å². The van der Waals surface area contributed by atoms with Crippen LogP contribution in [-0.4, -0.2) is 30.2 Å².